The lowest BCUT2D eigenvalue weighted by atomic mass is 10.2. The van der Waals surface area contributed by atoms with Crippen LogP contribution in [0.2, 0.25) is 0 Å². The summed E-state index contributed by atoms with van der Waals surface area (Å²) < 4.78 is 1.89. The van der Waals surface area contributed by atoms with Gasteiger partial charge in [0.15, 0.2) is 0 Å². The highest BCUT2D eigenvalue weighted by atomic mass is 32.2. The quantitative estimate of drug-likeness (QED) is 0.429. The van der Waals surface area contributed by atoms with Gasteiger partial charge in [0.05, 0.1) is 5.56 Å². The molecular weight excluding hydrogens is 380 g/mol. The first kappa shape index (κ1) is 19.4. The number of H-pyrrole nitrogens is 1. The van der Waals surface area contributed by atoms with Crippen LogP contribution in [0.4, 0.5) is 0 Å². The Bertz CT molecular complexity index is 1100. The number of aromatic carboxylic acids is 1. The van der Waals surface area contributed by atoms with Crippen molar-refractivity contribution in [2.24, 2.45) is 0 Å². The molecule has 0 aliphatic heterocycles. The Balaban J connectivity index is 2.02. The van der Waals surface area contributed by atoms with E-state index in [0.717, 1.165) is 28.7 Å². The van der Waals surface area contributed by atoms with E-state index in [0.29, 0.717) is 16.7 Å². The summed E-state index contributed by atoms with van der Waals surface area (Å²) in [5.41, 5.74) is 3.25. The second kappa shape index (κ2) is 7.73. The summed E-state index contributed by atoms with van der Waals surface area (Å²) in [6.45, 7) is 5.47. The Labute approximate surface area is 164 Å². The minimum absolute atomic E-state index is 0.0820. The number of benzene rings is 1. The number of carboxylic acid groups (broad SMARTS) is 2. The highest BCUT2D eigenvalue weighted by Gasteiger charge is 2.16. The van der Waals surface area contributed by atoms with Gasteiger partial charge in [0.2, 0.25) is 5.16 Å². The van der Waals surface area contributed by atoms with Crippen molar-refractivity contribution in [1.82, 2.24) is 19.7 Å². The van der Waals surface area contributed by atoms with Crippen LogP contribution in [0.3, 0.4) is 0 Å². The Morgan fingerprint density at radius 2 is 1.93 bits per heavy atom. The first-order chi connectivity index (χ1) is 13.3. The van der Waals surface area contributed by atoms with E-state index in [9.17, 15) is 19.8 Å². The third kappa shape index (κ3) is 3.99. The number of hydrogen-bond donors (Lipinski definition) is 3. The molecule has 3 aromatic rings. The lowest BCUT2D eigenvalue weighted by Gasteiger charge is -2.10. The van der Waals surface area contributed by atoms with E-state index in [1.165, 1.54) is 6.07 Å². The van der Waals surface area contributed by atoms with Gasteiger partial charge in [0, 0.05) is 17.1 Å². The van der Waals surface area contributed by atoms with E-state index in [-0.39, 0.29) is 10.5 Å². The molecule has 2 aromatic heterocycles. The third-order valence-corrected chi connectivity index (χ3v) is 4.97. The molecule has 0 saturated carbocycles. The molecule has 0 radical (unpaired) electrons. The summed E-state index contributed by atoms with van der Waals surface area (Å²) in [5.74, 6) is -1.48. The number of aryl methyl sites for hydroxylation is 2. The van der Waals surface area contributed by atoms with E-state index in [1.807, 2.05) is 30.5 Å². The van der Waals surface area contributed by atoms with Crippen molar-refractivity contribution in [2.75, 3.05) is 0 Å². The minimum Gasteiger partial charge on any atom is -0.478 e. The summed E-state index contributed by atoms with van der Waals surface area (Å²) in [6, 6.07) is 8.45. The Morgan fingerprint density at radius 3 is 2.54 bits per heavy atom. The van der Waals surface area contributed by atoms with E-state index >= 15 is 0 Å². The molecule has 0 unspecified atom stereocenters. The van der Waals surface area contributed by atoms with Crippen LogP contribution in [0.25, 0.3) is 11.8 Å². The highest BCUT2D eigenvalue weighted by Crippen LogP contribution is 2.29. The molecule has 144 valence electrons. The number of hydrogen-bond acceptors (Lipinski definition) is 5. The fourth-order valence-electron chi connectivity index (χ4n) is 2.85. The van der Waals surface area contributed by atoms with Crippen molar-refractivity contribution in [2.45, 2.75) is 25.9 Å². The molecule has 9 heteroatoms. The van der Waals surface area contributed by atoms with E-state index < -0.39 is 11.9 Å². The van der Waals surface area contributed by atoms with Gasteiger partial charge in [0.1, 0.15) is 10.7 Å². The maximum atomic E-state index is 11.7. The van der Waals surface area contributed by atoms with Gasteiger partial charge in [0.25, 0.3) is 0 Å². The topological polar surface area (TPSA) is 121 Å². The van der Waals surface area contributed by atoms with Crippen LogP contribution in [-0.4, -0.2) is 41.9 Å². The highest BCUT2D eigenvalue weighted by molar-refractivity contribution is 8.04. The molecule has 3 N–H and O–H groups in total. The average Bonchev–Trinajstić information content (AvgIpc) is 3.17. The normalized spacial score (nSPS) is 11.6. The van der Waals surface area contributed by atoms with Crippen molar-refractivity contribution in [3.05, 3.63) is 63.6 Å². The predicted molar refractivity (Wildman–Crippen MR) is 105 cm³/mol. The molecule has 0 saturated heterocycles. The first-order valence-electron chi connectivity index (χ1n) is 8.31. The molecule has 28 heavy (non-hydrogen) atoms. The predicted octanol–water partition coefficient (Wildman–Crippen LogP) is 3.44. The first-order valence-corrected chi connectivity index (χ1v) is 9.12. The van der Waals surface area contributed by atoms with Crippen molar-refractivity contribution < 1.29 is 19.8 Å². The lowest BCUT2D eigenvalue weighted by Crippen LogP contribution is -2.03. The molecule has 3 rings (SSSR count). The van der Waals surface area contributed by atoms with Crippen molar-refractivity contribution in [3.63, 3.8) is 0 Å². The zero-order valence-electron chi connectivity index (χ0n) is 15.4. The largest absolute Gasteiger partial charge is 0.478 e. The summed E-state index contributed by atoms with van der Waals surface area (Å²) in [6.07, 6.45) is 1.57. The van der Waals surface area contributed by atoms with Gasteiger partial charge in [-0.3, -0.25) is 5.10 Å². The fourth-order valence-corrected chi connectivity index (χ4v) is 3.60. The molecule has 0 fully saturated rings. The van der Waals surface area contributed by atoms with Crippen molar-refractivity contribution in [3.8, 4) is 5.69 Å². The third-order valence-electron chi connectivity index (χ3n) is 4.10. The van der Waals surface area contributed by atoms with Gasteiger partial charge in [-0.1, -0.05) is 6.07 Å². The minimum atomic E-state index is -1.08. The summed E-state index contributed by atoms with van der Waals surface area (Å²) in [5, 5.41) is 25.7. The van der Waals surface area contributed by atoms with Crippen LogP contribution >= 0.6 is 11.8 Å². The van der Waals surface area contributed by atoms with Gasteiger partial charge >= 0.3 is 11.9 Å². The van der Waals surface area contributed by atoms with Crippen LogP contribution in [-0.2, 0) is 4.79 Å². The van der Waals surface area contributed by atoms with Crippen LogP contribution in [0.15, 0.2) is 40.4 Å². The van der Waals surface area contributed by atoms with Gasteiger partial charge in [-0.25, -0.2) is 14.6 Å². The zero-order chi connectivity index (χ0) is 20.4. The number of thioether (sulfide) groups is 1. The van der Waals surface area contributed by atoms with Gasteiger partial charge in [-0.05, 0) is 68.4 Å². The average molecular weight is 398 g/mol. The fraction of sp³-hybridized carbons (Fsp3) is 0.158. The Hall–Kier alpha value is -3.33. The molecule has 0 spiro atoms. The molecule has 0 aliphatic rings. The van der Waals surface area contributed by atoms with Crippen LogP contribution < -0.4 is 0 Å². The Morgan fingerprint density at radius 1 is 1.18 bits per heavy atom. The molecule has 0 amide bonds. The molecule has 0 aliphatic carbocycles. The molecule has 0 bridgehead atoms. The van der Waals surface area contributed by atoms with Gasteiger partial charge in [-0.15, -0.1) is 5.10 Å². The van der Waals surface area contributed by atoms with Gasteiger partial charge in [-0.2, -0.15) is 0 Å². The smallest absolute Gasteiger partial charge is 0.342 e. The van der Waals surface area contributed by atoms with Crippen molar-refractivity contribution >= 4 is 29.8 Å². The van der Waals surface area contributed by atoms with E-state index in [4.69, 9.17) is 0 Å². The van der Waals surface area contributed by atoms with Crippen LogP contribution in [0.5, 0.6) is 0 Å². The van der Waals surface area contributed by atoms with Gasteiger partial charge < -0.3 is 14.8 Å². The summed E-state index contributed by atoms with van der Waals surface area (Å²) in [4.78, 5) is 27.1. The maximum absolute atomic E-state index is 11.7. The lowest BCUT2D eigenvalue weighted by molar-refractivity contribution is -0.131. The van der Waals surface area contributed by atoms with E-state index in [2.05, 4.69) is 15.2 Å². The summed E-state index contributed by atoms with van der Waals surface area (Å²) in [7, 11) is 0. The number of nitrogens with zero attached hydrogens (tertiary/aromatic N) is 3. The molecule has 8 nitrogen and oxygen atoms in total. The summed E-state index contributed by atoms with van der Waals surface area (Å²) >= 11 is 0.960. The Kier molecular flexibility index (Phi) is 5.36. The molecule has 0 atom stereocenters. The van der Waals surface area contributed by atoms with E-state index in [1.54, 1.807) is 25.1 Å². The van der Waals surface area contributed by atoms with Crippen LogP contribution in [0, 0.1) is 20.8 Å². The second-order valence-electron chi connectivity index (χ2n) is 6.14. The maximum Gasteiger partial charge on any atom is 0.342 e. The number of carbonyl (C=O) groups is 2. The second-order valence-corrected chi connectivity index (χ2v) is 7.15. The van der Waals surface area contributed by atoms with Crippen molar-refractivity contribution in [1.29, 1.82) is 0 Å². The number of aromatic amines is 1. The SMILES string of the molecule is Cc1nc(S/C(=C\c2cc(C)n(-c3cccc(C(=O)O)c3)c2C)C(=O)O)n[nH]1. The number of carboxylic acids is 2. The molecule has 1 aromatic carbocycles. The number of nitrogens with one attached hydrogen (secondary N) is 1. The monoisotopic (exact) mass is 398 g/mol. The molecule has 2 heterocycles. The van der Waals surface area contributed by atoms with Crippen LogP contribution in [0.1, 0.15) is 33.1 Å². The number of aromatic nitrogens is 4. The number of rotatable bonds is 6. The molecular formula is C19H18N4O4S. The zero-order valence-corrected chi connectivity index (χ0v) is 16.2. The number of aliphatic carboxylic acids is 1. The standard InChI is InChI=1S/C19H18N4O4S/c1-10-7-14(9-16(18(26)27)28-19-20-12(3)21-22-19)11(2)23(10)15-6-4-5-13(8-15)17(24)25/h4-9H,1-3H3,(H,24,25)(H,26,27)(H,20,21,22)/b16-9-.